The molecule has 164 valence electrons. The summed E-state index contributed by atoms with van der Waals surface area (Å²) in [5, 5.41) is 6.45. The minimum absolute atomic E-state index is 0.234. The van der Waals surface area contributed by atoms with Gasteiger partial charge in [0, 0.05) is 31.1 Å². The Kier molecular flexibility index (Phi) is 7.38. The van der Waals surface area contributed by atoms with Gasteiger partial charge in [-0.2, -0.15) is 13.2 Å². The van der Waals surface area contributed by atoms with E-state index in [9.17, 15) is 17.6 Å². The summed E-state index contributed by atoms with van der Waals surface area (Å²) in [5.41, 5.74) is -1.68. The molecule has 6 nitrogen and oxygen atoms in total. The maximum Gasteiger partial charge on any atom is 0.427 e. The van der Waals surface area contributed by atoms with Crippen molar-refractivity contribution in [1.82, 2.24) is 20.3 Å². The number of nitrogens with one attached hydrogen (secondary N) is 1. The van der Waals surface area contributed by atoms with E-state index < -0.39 is 17.6 Å². The quantitative estimate of drug-likeness (QED) is 0.387. The van der Waals surface area contributed by atoms with Crippen LogP contribution in [0.5, 0.6) is 5.75 Å². The summed E-state index contributed by atoms with van der Waals surface area (Å²) >= 11 is 0. The van der Waals surface area contributed by atoms with Crippen LogP contribution in [-0.4, -0.2) is 47.5 Å². The molecule has 0 unspecified atom stereocenters. The maximum atomic E-state index is 14.4. The minimum Gasteiger partial charge on any atom is -0.478 e. The monoisotopic (exact) mass is 427 g/mol. The molecule has 0 aliphatic rings. The first-order valence-electron chi connectivity index (χ1n) is 9.15. The molecule has 0 spiro atoms. The molecular weight excluding hydrogens is 402 g/mol. The van der Waals surface area contributed by atoms with Crippen molar-refractivity contribution in [2.24, 2.45) is 0 Å². The molecule has 0 amide bonds. The van der Waals surface area contributed by atoms with Gasteiger partial charge in [-0.25, -0.2) is 14.4 Å². The molecule has 0 bridgehead atoms. The van der Waals surface area contributed by atoms with Gasteiger partial charge in [-0.05, 0) is 40.0 Å². The van der Waals surface area contributed by atoms with Crippen LogP contribution in [0.4, 0.5) is 23.4 Å². The van der Waals surface area contributed by atoms with Crippen molar-refractivity contribution >= 4 is 11.5 Å². The topological polar surface area (TPSA) is 53.5 Å². The fourth-order valence-corrected chi connectivity index (χ4v) is 2.72. The van der Waals surface area contributed by atoms with E-state index in [1.165, 1.54) is 30.7 Å². The number of alkyl halides is 3. The van der Waals surface area contributed by atoms with Crippen LogP contribution in [-0.2, 0) is 0 Å². The molecule has 0 atom stereocenters. The van der Waals surface area contributed by atoms with Crippen molar-refractivity contribution < 1.29 is 22.3 Å². The molecule has 1 aromatic carbocycles. The number of rotatable bonds is 8. The number of anilines is 1. The van der Waals surface area contributed by atoms with Crippen molar-refractivity contribution in [2.75, 3.05) is 25.8 Å². The number of hydrazine groups is 1. The van der Waals surface area contributed by atoms with Gasteiger partial charge < -0.3 is 10.1 Å². The third-order valence-electron chi connectivity index (χ3n) is 4.22. The predicted molar refractivity (Wildman–Crippen MR) is 107 cm³/mol. The molecule has 1 aromatic heterocycles. The normalized spacial score (nSPS) is 12.9. The van der Waals surface area contributed by atoms with Crippen LogP contribution >= 0.6 is 0 Å². The number of ether oxygens (including phenoxy) is 1. The van der Waals surface area contributed by atoms with Crippen molar-refractivity contribution in [1.29, 1.82) is 0 Å². The second-order valence-electron chi connectivity index (χ2n) is 7.00. The van der Waals surface area contributed by atoms with Crippen LogP contribution in [0.25, 0.3) is 5.70 Å². The lowest BCUT2D eigenvalue weighted by Crippen LogP contribution is -2.44. The molecule has 1 N–H and O–H groups in total. The number of nitrogens with zero attached hydrogens (tertiary/aromatic N) is 4. The molecule has 0 aliphatic carbocycles. The highest BCUT2D eigenvalue weighted by Gasteiger charge is 2.49. The van der Waals surface area contributed by atoms with Crippen molar-refractivity contribution in [3.8, 4) is 5.75 Å². The highest BCUT2D eigenvalue weighted by molar-refractivity contribution is 5.77. The summed E-state index contributed by atoms with van der Waals surface area (Å²) in [7, 11) is 3.53. The zero-order chi connectivity index (χ0) is 22.5. The van der Waals surface area contributed by atoms with Gasteiger partial charge in [-0.3, -0.25) is 9.99 Å². The Hall–Kier alpha value is -2.72. The van der Waals surface area contributed by atoms with Crippen LogP contribution in [0.2, 0.25) is 0 Å². The number of benzene rings is 1. The van der Waals surface area contributed by atoms with E-state index in [4.69, 9.17) is 4.74 Å². The summed E-state index contributed by atoms with van der Waals surface area (Å²) in [5.74, 6) is -0.511. The standard InChI is InChI=1S/C20H25F4N5O/c1-6-17(29(28(5)13-25-4)18-12-26-7-8-27-18)14-9-15(21)11-16(10-14)30-19(2,3)20(22,23)24/h6-12,25H,13H2,1-5H3/b17-6-. The summed E-state index contributed by atoms with van der Waals surface area (Å²) in [6.07, 6.45) is 1.63. The first-order valence-corrected chi connectivity index (χ1v) is 9.15. The lowest BCUT2D eigenvalue weighted by atomic mass is 10.1. The van der Waals surface area contributed by atoms with Gasteiger partial charge in [0.25, 0.3) is 0 Å². The Morgan fingerprint density at radius 3 is 2.43 bits per heavy atom. The third-order valence-corrected chi connectivity index (χ3v) is 4.22. The highest BCUT2D eigenvalue weighted by Crippen LogP contribution is 2.36. The summed E-state index contributed by atoms with van der Waals surface area (Å²) < 4.78 is 59.1. The molecule has 2 rings (SSSR count). The van der Waals surface area contributed by atoms with E-state index >= 15 is 0 Å². The number of aromatic nitrogens is 2. The van der Waals surface area contributed by atoms with Gasteiger partial charge in [0.2, 0.25) is 0 Å². The molecule has 10 heteroatoms. The average molecular weight is 427 g/mol. The van der Waals surface area contributed by atoms with Crippen LogP contribution < -0.4 is 15.1 Å². The number of hydrogen-bond donors (Lipinski definition) is 1. The van der Waals surface area contributed by atoms with E-state index in [1.54, 1.807) is 37.1 Å². The average Bonchev–Trinajstić information content (AvgIpc) is 2.65. The van der Waals surface area contributed by atoms with E-state index in [-0.39, 0.29) is 5.75 Å². The fourth-order valence-electron chi connectivity index (χ4n) is 2.72. The van der Waals surface area contributed by atoms with Gasteiger partial charge in [-0.1, -0.05) is 6.08 Å². The zero-order valence-corrected chi connectivity index (χ0v) is 17.5. The van der Waals surface area contributed by atoms with Gasteiger partial charge in [0.1, 0.15) is 11.6 Å². The lowest BCUT2D eigenvalue weighted by molar-refractivity contribution is -0.234. The predicted octanol–water partition coefficient (Wildman–Crippen LogP) is 4.23. The largest absolute Gasteiger partial charge is 0.478 e. The molecule has 1 heterocycles. The zero-order valence-electron chi connectivity index (χ0n) is 17.5. The van der Waals surface area contributed by atoms with Gasteiger partial charge in [0.15, 0.2) is 11.4 Å². The molecule has 0 fully saturated rings. The lowest BCUT2D eigenvalue weighted by Gasteiger charge is -2.34. The van der Waals surface area contributed by atoms with Gasteiger partial charge in [-0.15, -0.1) is 0 Å². The van der Waals surface area contributed by atoms with E-state index in [0.717, 1.165) is 19.9 Å². The Labute approximate surface area is 173 Å². The van der Waals surface area contributed by atoms with E-state index in [2.05, 4.69) is 15.3 Å². The first-order chi connectivity index (χ1) is 14.0. The third kappa shape index (κ3) is 5.45. The highest BCUT2D eigenvalue weighted by atomic mass is 19.4. The number of allylic oxidation sites excluding steroid dienone is 1. The van der Waals surface area contributed by atoms with Crippen molar-refractivity contribution in [2.45, 2.75) is 32.5 Å². The van der Waals surface area contributed by atoms with E-state index in [0.29, 0.717) is 23.7 Å². The number of hydrogen-bond acceptors (Lipinski definition) is 6. The molecular formula is C20H25F4N5O. The SMILES string of the molecule is C/C=C(/c1cc(F)cc(OC(C)(C)C(F)(F)F)c1)N(c1cnccn1)N(C)CNC. The van der Waals surface area contributed by atoms with Crippen molar-refractivity contribution in [3.63, 3.8) is 0 Å². The van der Waals surface area contributed by atoms with Crippen LogP contribution in [0, 0.1) is 5.82 Å². The van der Waals surface area contributed by atoms with Crippen molar-refractivity contribution in [3.05, 3.63) is 54.2 Å². The van der Waals surface area contributed by atoms with Gasteiger partial charge in [0.05, 0.1) is 18.6 Å². The summed E-state index contributed by atoms with van der Waals surface area (Å²) in [4.78, 5) is 8.36. The summed E-state index contributed by atoms with van der Waals surface area (Å²) in [6.45, 7) is 3.92. The molecule has 2 aromatic rings. The Balaban J connectivity index is 2.52. The summed E-state index contributed by atoms with van der Waals surface area (Å²) in [6, 6.07) is 3.51. The number of halogens is 4. The molecule has 0 radical (unpaired) electrons. The maximum absolute atomic E-state index is 14.4. The van der Waals surface area contributed by atoms with E-state index in [1.807, 2.05) is 0 Å². The molecule has 0 aliphatic heterocycles. The first kappa shape index (κ1) is 23.6. The van der Waals surface area contributed by atoms with Crippen LogP contribution in [0.3, 0.4) is 0 Å². The molecule has 0 saturated carbocycles. The smallest absolute Gasteiger partial charge is 0.427 e. The van der Waals surface area contributed by atoms with Gasteiger partial charge >= 0.3 is 6.18 Å². The minimum atomic E-state index is -4.62. The Bertz CT molecular complexity index is 871. The fraction of sp³-hybridized carbons (Fsp3) is 0.400. The Morgan fingerprint density at radius 2 is 1.90 bits per heavy atom. The second kappa shape index (κ2) is 9.40. The van der Waals surface area contributed by atoms with Crippen LogP contribution in [0.1, 0.15) is 26.3 Å². The van der Waals surface area contributed by atoms with Crippen LogP contribution in [0.15, 0.2) is 42.9 Å². The second-order valence-corrected chi connectivity index (χ2v) is 7.00. The molecule has 30 heavy (non-hydrogen) atoms. The Morgan fingerprint density at radius 1 is 1.20 bits per heavy atom. The molecule has 0 saturated heterocycles.